The third kappa shape index (κ3) is 3.87. The number of nitrogens with zero attached hydrogens (tertiary/aromatic N) is 1. The SMILES string of the molecule is Cc1ccc(NC(=O)/C(C#N)=C\c2ccc(O)c(Cl)c2)cc1. The summed E-state index contributed by atoms with van der Waals surface area (Å²) in [4.78, 5) is 12.1. The molecule has 0 aliphatic rings. The highest BCUT2D eigenvalue weighted by Gasteiger charge is 2.10. The van der Waals surface area contributed by atoms with Crippen LogP contribution in [-0.4, -0.2) is 11.0 Å². The van der Waals surface area contributed by atoms with Crippen molar-refractivity contribution in [2.75, 3.05) is 5.32 Å². The molecule has 0 atom stereocenters. The zero-order valence-electron chi connectivity index (χ0n) is 11.8. The van der Waals surface area contributed by atoms with E-state index in [1.165, 1.54) is 18.2 Å². The highest BCUT2D eigenvalue weighted by molar-refractivity contribution is 6.32. The van der Waals surface area contributed by atoms with Gasteiger partial charge in [-0.15, -0.1) is 0 Å². The topological polar surface area (TPSA) is 73.1 Å². The molecule has 2 aromatic rings. The summed E-state index contributed by atoms with van der Waals surface area (Å²) in [6, 6.07) is 13.6. The van der Waals surface area contributed by atoms with Gasteiger partial charge in [0.1, 0.15) is 17.4 Å². The van der Waals surface area contributed by atoms with Crippen molar-refractivity contribution in [2.24, 2.45) is 0 Å². The molecule has 0 unspecified atom stereocenters. The van der Waals surface area contributed by atoms with E-state index in [0.29, 0.717) is 11.3 Å². The fourth-order valence-electron chi connectivity index (χ4n) is 1.76. The van der Waals surface area contributed by atoms with Crippen molar-refractivity contribution in [1.29, 1.82) is 5.26 Å². The minimum Gasteiger partial charge on any atom is -0.506 e. The lowest BCUT2D eigenvalue weighted by Gasteiger charge is -2.05. The average molecular weight is 313 g/mol. The molecule has 2 N–H and O–H groups in total. The predicted octanol–water partition coefficient (Wildman–Crippen LogP) is 3.90. The van der Waals surface area contributed by atoms with Crippen LogP contribution in [0.2, 0.25) is 5.02 Å². The first-order valence-corrected chi connectivity index (χ1v) is 6.86. The van der Waals surface area contributed by atoms with Crippen LogP contribution in [0.3, 0.4) is 0 Å². The number of hydrogen-bond donors (Lipinski definition) is 2. The lowest BCUT2D eigenvalue weighted by Crippen LogP contribution is -2.13. The summed E-state index contributed by atoms with van der Waals surface area (Å²) in [5.41, 5.74) is 2.19. The fraction of sp³-hybridized carbons (Fsp3) is 0.0588. The zero-order valence-corrected chi connectivity index (χ0v) is 12.6. The first-order valence-electron chi connectivity index (χ1n) is 6.48. The molecule has 0 aromatic heterocycles. The standard InChI is InChI=1S/C17H13ClN2O2/c1-11-2-5-14(6-3-11)20-17(22)13(10-19)8-12-4-7-16(21)15(18)9-12/h2-9,21H,1H3,(H,20,22)/b13-8-. The lowest BCUT2D eigenvalue weighted by molar-refractivity contribution is -0.112. The number of amides is 1. The van der Waals surface area contributed by atoms with E-state index >= 15 is 0 Å². The summed E-state index contributed by atoms with van der Waals surface area (Å²) < 4.78 is 0. The maximum atomic E-state index is 12.1. The summed E-state index contributed by atoms with van der Waals surface area (Å²) in [5, 5.41) is 21.3. The van der Waals surface area contributed by atoms with Gasteiger partial charge in [0, 0.05) is 5.69 Å². The van der Waals surface area contributed by atoms with Crippen molar-refractivity contribution in [3.8, 4) is 11.8 Å². The highest BCUT2D eigenvalue weighted by Crippen LogP contribution is 2.24. The molecule has 0 heterocycles. The van der Waals surface area contributed by atoms with Gasteiger partial charge >= 0.3 is 0 Å². The number of carbonyl (C=O) groups is 1. The molecule has 1 amide bonds. The van der Waals surface area contributed by atoms with E-state index in [-0.39, 0.29) is 16.3 Å². The first kappa shape index (κ1) is 15.6. The van der Waals surface area contributed by atoms with Crippen molar-refractivity contribution in [2.45, 2.75) is 6.92 Å². The Kier molecular flexibility index (Phi) is 4.82. The number of aryl methyl sites for hydroxylation is 1. The Labute approximate surface area is 133 Å². The number of carbonyl (C=O) groups excluding carboxylic acids is 1. The van der Waals surface area contributed by atoms with Gasteiger partial charge < -0.3 is 10.4 Å². The molecule has 110 valence electrons. The zero-order chi connectivity index (χ0) is 16.1. The van der Waals surface area contributed by atoms with Crippen LogP contribution in [0.25, 0.3) is 6.08 Å². The van der Waals surface area contributed by atoms with Gasteiger partial charge in [-0.3, -0.25) is 4.79 Å². The number of anilines is 1. The van der Waals surface area contributed by atoms with Crippen LogP contribution in [0.4, 0.5) is 5.69 Å². The molecule has 0 aliphatic carbocycles. The van der Waals surface area contributed by atoms with E-state index in [9.17, 15) is 9.90 Å². The minimum absolute atomic E-state index is 0.0534. The van der Waals surface area contributed by atoms with Crippen LogP contribution < -0.4 is 5.32 Å². The van der Waals surface area contributed by atoms with Crippen LogP contribution in [0.5, 0.6) is 5.75 Å². The molecule has 5 heteroatoms. The lowest BCUT2D eigenvalue weighted by atomic mass is 10.1. The number of nitrogens with one attached hydrogen (secondary N) is 1. The van der Waals surface area contributed by atoms with Crippen molar-refractivity contribution >= 4 is 29.3 Å². The van der Waals surface area contributed by atoms with Crippen LogP contribution in [0.15, 0.2) is 48.0 Å². The third-order valence-corrected chi connectivity index (χ3v) is 3.26. The van der Waals surface area contributed by atoms with Crippen LogP contribution in [0, 0.1) is 18.3 Å². The van der Waals surface area contributed by atoms with E-state index in [4.69, 9.17) is 16.9 Å². The predicted molar refractivity (Wildman–Crippen MR) is 86.5 cm³/mol. The Balaban J connectivity index is 2.21. The molecule has 4 nitrogen and oxygen atoms in total. The molecular weight excluding hydrogens is 300 g/mol. The number of phenols is 1. The summed E-state index contributed by atoms with van der Waals surface area (Å²) in [7, 11) is 0. The molecule has 0 bridgehead atoms. The second-order valence-electron chi connectivity index (χ2n) is 4.70. The van der Waals surface area contributed by atoms with Gasteiger partial charge in [0.2, 0.25) is 0 Å². The molecule has 0 aliphatic heterocycles. The Morgan fingerprint density at radius 3 is 2.55 bits per heavy atom. The largest absolute Gasteiger partial charge is 0.506 e. The number of rotatable bonds is 3. The molecule has 0 fully saturated rings. The fourth-order valence-corrected chi connectivity index (χ4v) is 1.95. The molecule has 0 saturated heterocycles. The second-order valence-corrected chi connectivity index (χ2v) is 5.11. The molecule has 2 aromatic carbocycles. The number of nitriles is 1. The number of halogens is 1. The summed E-state index contributed by atoms with van der Waals surface area (Å²) in [6.07, 6.45) is 1.41. The Morgan fingerprint density at radius 1 is 1.27 bits per heavy atom. The Morgan fingerprint density at radius 2 is 1.95 bits per heavy atom. The molecule has 0 radical (unpaired) electrons. The molecule has 0 spiro atoms. The summed E-state index contributed by atoms with van der Waals surface area (Å²) in [6.45, 7) is 1.95. The van der Waals surface area contributed by atoms with Crippen molar-refractivity contribution in [1.82, 2.24) is 0 Å². The first-order chi connectivity index (χ1) is 10.5. The average Bonchev–Trinajstić information content (AvgIpc) is 2.50. The number of aromatic hydroxyl groups is 1. The van der Waals surface area contributed by atoms with Crippen molar-refractivity contribution in [3.05, 3.63) is 64.2 Å². The van der Waals surface area contributed by atoms with E-state index in [0.717, 1.165) is 5.56 Å². The van der Waals surface area contributed by atoms with Crippen molar-refractivity contribution < 1.29 is 9.90 Å². The summed E-state index contributed by atoms with van der Waals surface area (Å²) >= 11 is 5.80. The van der Waals surface area contributed by atoms with Gasteiger partial charge in [-0.25, -0.2) is 0 Å². The van der Waals surface area contributed by atoms with E-state index < -0.39 is 5.91 Å². The van der Waals surface area contributed by atoms with Gasteiger partial charge in [-0.1, -0.05) is 35.4 Å². The smallest absolute Gasteiger partial charge is 0.266 e. The maximum absolute atomic E-state index is 12.1. The van der Waals surface area contributed by atoms with Crippen molar-refractivity contribution in [3.63, 3.8) is 0 Å². The molecule has 2 rings (SSSR count). The maximum Gasteiger partial charge on any atom is 0.266 e. The van der Waals surface area contributed by atoms with Gasteiger partial charge in [-0.05, 0) is 42.8 Å². The van der Waals surface area contributed by atoms with E-state index in [2.05, 4.69) is 5.32 Å². The number of hydrogen-bond acceptors (Lipinski definition) is 3. The third-order valence-electron chi connectivity index (χ3n) is 2.96. The second kappa shape index (κ2) is 6.79. The van der Waals surface area contributed by atoms with Crippen LogP contribution in [0.1, 0.15) is 11.1 Å². The summed E-state index contributed by atoms with van der Waals surface area (Å²) in [5.74, 6) is -0.558. The number of phenolic OH excluding ortho intramolecular Hbond substituents is 1. The van der Waals surface area contributed by atoms with Crippen LogP contribution >= 0.6 is 11.6 Å². The molecule has 22 heavy (non-hydrogen) atoms. The molecular formula is C17H13ClN2O2. The Bertz CT molecular complexity index is 774. The van der Waals surface area contributed by atoms with E-state index in [1.54, 1.807) is 18.2 Å². The normalized spacial score (nSPS) is 10.9. The van der Waals surface area contributed by atoms with E-state index in [1.807, 2.05) is 25.1 Å². The minimum atomic E-state index is -0.504. The Hall–Kier alpha value is -2.77. The quantitative estimate of drug-likeness (QED) is 0.667. The van der Waals surface area contributed by atoms with Gasteiger partial charge in [0.25, 0.3) is 5.91 Å². The number of benzene rings is 2. The van der Waals surface area contributed by atoms with Gasteiger partial charge in [0.15, 0.2) is 0 Å². The van der Waals surface area contributed by atoms with Gasteiger partial charge in [0.05, 0.1) is 5.02 Å². The monoisotopic (exact) mass is 312 g/mol. The van der Waals surface area contributed by atoms with Gasteiger partial charge in [-0.2, -0.15) is 5.26 Å². The highest BCUT2D eigenvalue weighted by atomic mass is 35.5. The van der Waals surface area contributed by atoms with Crippen LogP contribution in [-0.2, 0) is 4.79 Å². The molecule has 0 saturated carbocycles.